The molecule has 2 aromatic rings. The molecule has 0 saturated carbocycles. The van der Waals surface area contributed by atoms with Crippen LogP contribution in [-0.2, 0) is 0 Å². The van der Waals surface area contributed by atoms with E-state index in [-0.39, 0.29) is 11.3 Å². The fourth-order valence-electron chi connectivity index (χ4n) is 1.25. The number of benzene rings is 1. The molecule has 17 heavy (non-hydrogen) atoms. The summed E-state index contributed by atoms with van der Waals surface area (Å²) in [6, 6.07) is 10.1. The predicted molar refractivity (Wildman–Crippen MR) is 67.5 cm³/mol. The van der Waals surface area contributed by atoms with Crippen LogP contribution in [0.5, 0.6) is 5.75 Å². The number of hydrogen-bond acceptors (Lipinski definition) is 4. The highest BCUT2D eigenvalue weighted by Gasteiger charge is 2.08. The van der Waals surface area contributed by atoms with E-state index in [1.54, 1.807) is 18.3 Å². The van der Waals surface area contributed by atoms with Crippen molar-refractivity contribution in [3.05, 3.63) is 52.2 Å². The number of nitrogens with zero attached hydrogens (tertiary/aromatic N) is 1. The molecule has 0 fully saturated rings. The van der Waals surface area contributed by atoms with Crippen molar-refractivity contribution in [3.63, 3.8) is 0 Å². The third-order valence-corrected chi connectivity index (χ3v) is 2.86. The maximum atomic E-state index is 11.6. The van der Waals surface area contributed by atoms with Crippen molar-refractivity contribution in [1.82, 2.24) is 5.43 Å². The van der Waals surface area contributed by atoms with Gasteiger partial charge in [-0.05, 0) is 23.6 Å². The average molecular weight is 246 g/mol. The number of phenolic OH excluding ortho intramolecular Hbond substituents is 1. The van der Waals surface area contributed by atoms with E-state index in [0.29, 0.717) is 0 Å². The van der Waals surface area contributed by atoms with Gasteiger partial charge in [-0.25, -0.2) is 5.43 Å². The number of para-hydroxylation sites is 1. The summed E-state index contributed by atoms with van der Waals surface area (Å²) < 4.78 is 0. The smallest absolute Gasteiger partial charge is 0.275 e. The van der Waals surface area contributed by atoms with Crippen LogP contribution in [0.3, 0.4) is 0 Å². The first kappa shape index (κ1) is 11.3. The van der Waals surface area contributed by atoms with Crippen LogP contribution in [0.25, 0.3) is 0 Å². The number of phenols is 1. The van der Waals surface area contributed by atoms with E-state index >= 15 is 0 Å². The van der Waals surface area contributed by atoms with Crippen molar-refractivity contribution in [2.75, 3.05) is 0 Å². The maximum absolute atomic E-state index is 11.6. The number of carbonyl (C=O) groups excluding carboxylic acids is 1. The molecule has 0 aliphatic carbocycles. The van der Waals surface area contributed by atoms with E-state index in [0.717, 1.165) is 4.88 Å². The summed E-state index contributed by atoms with van der Waals surface area (Å²) in [5, 5.41) is 15.2. The van der Waals surface area contributed by atoms with Crippen molar-refractivity contribution in [2.24, 2.45) is 5.10 Å². The Balaban J connectivity index is 2.01. The van der Waals surface area contributed by atoms with Crippen LogP contribution in [0.2, 0.25) is 0 Å². The van der Waals surface area contributed by atoms with E-state index in [4.69, 9.17) is 0 Å². The van der Waals surface area contributed by atoms with E-state index in [2.05, 4.69) is 10.5 Å². The zero-order valence-corrected chi connectivity index (χ0v) is 9.65. The van der Waals surface area contributed by atoms with Crippen LogP contribution < -0.4 is 5.43 Å². The predicted octanol–water partition coefficient (Wildman–Crippen LogP) is 2.22. The Morgan fingerprint density at radius 3 is 2.82 bits per heavy atom. The molecule has 1 aromatic heterocycles. The maximum Gasteiger partial charge on any atom is 0.275 e. The highest BCUT2D eigenvalue weighted by atomic mass is 32.1. The Bertz CT molecular complexity index is 535. The molecule has 86 valence electrons. The number of hydrogen-bond donors (Lipinski definition) is 2. The summed E-state index contributed by atoms with van der Waals surface area (Å²) in [4.78, 5) is 12.6. The third kappa shape index (κ3) is 2.92. The Kier molecular flexibility index (Phi) is 3.52. The summed E-state index contributed by atoms with van der Waals surface area (Å²) in [5.41, 5.74) is 2.56. The van der Waals surface area contributed by atoms with Crippen molar-refractivity contribution in [2.45, 2.75) is 0 Å². The van der Waals surface area contributed by atoms with Gasteiger partial charge >= 0.3 is 0 Å². The molecule has 4 nitrogen and oxygen atoms in total. The molecule has 0 atom stereocenters. The van der Waals surface area contributed by atoms with Crippen LogP contribution in [0.1, 0.15) is 15.2 Å². The SMILES string of the molecule is O=C(N/N=C/c1cccs1)c1ccccc1O. The van der Waals surface area contributed by atoms with E-state index in [1.165, 1.54) is 23.5 Å². The normalized spacial score (nSPS) is 10.6. The van der Waals surface area contributed by atoms with Gasteiger partial charge in [0.05, 0.1) is 11.8 Å². The molecule has 1 amide bonds. The third-order valence-electron chi connectivity index (χ3n) is 2.05. The molecule has 2 rings (SSSR count). The van der Waals surface area contributed by atoms with Gasteiger partial charge in [0, 0.05) is 4.88 Å². The van der Waals surface area contributed by atoms with Gasteiger partial charge in [-0.2, -0.15) is 5.10 Å². The molecule has 0 saturated heterocycles. The fraction of sp³-hybridized carbons (Fsp3) is 0. The summed E-state index contributed by atoms with van der Waals surface area (Å²) in [6.45, 7) is 0. The van der Waals surface area contributed by atoms with Gasteiger partial charge in [-0.3, -0.25) is 4.79 Å². The number of amides is 1. The van der Waals surface area contributed by atoms with Gasteiger partial charge in [-0.15, -0.1) is 11.3 Å². The molecule has 0 unspecified atom stereocenters. The Morgan fingerprint density at radius 1 is 1.29 bits per heavy atom. The number of nitrogens with one attached hydrogen (secondary N) is 1. The lowest BCUT2D eigenvalue weighted by Crippen LogP contribution is -2.17. The Hall–Kier alpha value is -2.14. The highest BCUT2D eigenvalue weighted by molar-refractivity contribution is 7.11. The molecule has 1 aromatic carbocycles. The zero-order chi connectivity index (χ0) is 12.1. The lowest BCUT2D eigenvalue weighted by Gasteiger charge is -2.01. The molecule has 0 spiro atoms. The second kappa shape index (κ2) is 5.27. The number of thiophene rings is 1. The highest BCUT2D eigenvalue weighted by Crippen LogP contribution is 2.14. The molecule has 0 bridgehead atoms. The molecule has 1 heterocycles. The molecular weight excluding hydrogens is 236 g/mol. The zero-order valence-electron chi connectivity index (χ0n) is 8.83. The standard InChI is InChI=1S/C12H10N2O2S/c15-11-6-2-1-5-10(11)12(16)14-13-8-9-4-3-7-17-9/h1-8,15H,(H,14,16)/b13-8+. The van der Waals surface area contributed by atoms with E-state index < -0.39 is 5.91 Å². The monoisotopic (exact) mass is 246 g/mol. The molecule has 0 aliphatic rings. The fourth-order valence-corrected chi connectivity index (χ4v) is 1.83. The second-order valence-corrected chi connectivity index (χ2v) is 4.21. The minimum absolute atomic E-state index is 0.0590. The van der Waals surface area contributed by atoms with Gasteiger partial charge in [-0.1, -0.05) is 18.2 Å². The van der Waals surface area contributed by atoms with Gasteiger partial charge < -0.3 is 5.11 Å². The molecule has 5 heteroatoms. The molecule has 0 radical (unpaired) electrons. The molecular formula is C12H10N2O2S. The first-order valence-electron chi connectivity index (χ1n) is 4.92. The lowest BCUT2D eigenvalue weighted by molar-refractivity contribution is 0.0952. The quantitative estimate of drug-likeness (QED) is 0.644. The van der Waals surface area contributed by atoms with Crippen molar-refractivity contribution in [1.29, 1.82) is 0 Å². The minimum Gasteiger partial charge on any atom is -0.507 e. The van der Waals surface area contributed by atoms with Crippen LogP contribution >= 0.6 is 11.3 Å². The second-order valence-electron chi connectivity index (χ2n) is 3.23. The number of hydrazone groups is 1. The Labute approximate surface area is 102 Å². The Morgan fingerprint density at radius 2 is 2.12 bits per heavy atom. The summed E-state index contributed by atoms with van der Waals surface area (Å²) in [7, 11) is 0. The van der Waals surface area contributed by atoms with E-state index in [1.807, 2.05) is 17.5 Å². The number of carbonyl (C=O) groups is 1. The average Bonchev–Trinajstić information content (AvgIpc) is 2.82. The topological polar surface area (TPSA) is 61.7 Å². The van der Waals surface area contributed by atoms with Crippen LogP contribution in [0.15, 0.2) is 46.9 Å². The lowest BCUT2D eigenvalue weighted by atomic mass is 10.2. The summed E-state index contributed by atoms with van der Waals surface area (Å²) in [5.74, 6) is -0.493. The molecule has 0 aliphatic heterocycles. The number of aromatic hydroxyl groups is 1. The molecule has 2 N–H and O–H groups in total. The van der Waals surface area contributed by atoms with Gasteiger partial charge in [0.25, 0.3) is 5.91 Å². The number of rotatable bonds is 3. The summed E-state index contributed by atoms with van der Waals surface area (Å²) in [6.07, 6.45) is 1.56. The minimum atomic E-state index is -0.434. The first-order chi connectivity index (χ1) is 8.27. The van der Waals surface area contributed by atoms with Gasteiger partial charge in [0.15, 0.2) is 0 Å². The van der Waals surface area contributed by atoms with Crippen molar-refractivity contribution in [3.8, 4) is 5.75 Å². The largest absolute Gasteiger partial charge is 0.507 e. The van der Waals surface area contributed by atoms with Crippen molar-refractivity contribution < 1.29 is 9.90 Å². The summed E-state index contributed by atoms with van der Waals surface area (Å²) >= 11 is 1.52. The van der Waals surface area contributed by atoms with Crippen molar-refractivity contribution >= 4 is 23.5 Å². The van der Waals surface area contributed by atoms with Gasteiger partial charge in [0.2, 0.25) is 0 Å². The van der Waals surface area contributed by atoms with E-state index in [9.17, 15) is 9.90 Å². The van der Waals surface area contributed by atoms with Gasteiger partial charge in [0.1, 0.15) is 5.75 Å². The van der Waals surface area contributed by atoms with Crippen LogP contribution in [0.4, 0.5) is 0 Å². The van der Waals surface area contributed by atoms with Crippen LogP contribution in [-0.4, -0.2) is 17.2 Å². The van der Waals surface area contributed by atoms with Crippen LogP contribution in [0, 0.1) is 0 Å². The first-order valence-corrected chi connectivity index (χ1v) is 5.80.